The molecule has 0 aliphatic carbocycles. The van der Waals surface area contributed by atoms with Crippen LogP contribution in [0.2, 0.25) is 0 Å². The Morgan fingerprint density at radius 1 is 1.58 bits per heavy atom. The molecule has 2 aromatic heterocycles. The van der Waals surface area contributed by atoms with Gasteiger partial charge in [0.2, 0.25) is 11.5 Å². The molecule has 0 saturated carbocycles. The zero-order valence-corrected chi connectivity index (χ0v) is 10.3. The molecule has 1 aliphatic rings. The Labute approximate surface area is 109 Å². The van der Waals surface area contributed by atoms with Crippen LogP contribution in [0.5, 0.6) is 0 Å². The standard InChI is InChI=1S/C12H14N4O3/c17-16(18)12-11(13-7-9-4-6-19-8-9)14-10-3-1-2-5-15(10)12/h1-3,5,9,13H,4,6-8H2/t9-/m1/s1. The smallest absolute Gasteiger partial charge is 0.372 e. The first-order chi connectivity index (χ1) is 9.25. The quantitative estimate of drug-likeness (QED) is 0.669. The van der Waals surface area contributed by atoms with Crippen molar-refractivity contribution < 1.29 is 9.66 Å². The van der Waals surface area contributed by atoms with E-state index in [0.29, 0.717) is 30.5 Å². The minimum Gasteiger partial charge on any atom is -0.381 e. The van der Waals surface area contributed by atoms with Crippen molar-refractivity contribution in [3.8, 4) is 0 Å². The maximum Gasteiger partial charge on any atom is 0.372 e. The molecule has 0 aromatic carbocycles. The van der Waals surface area contributed by atoms with Crippen molar-refractivity contribution >= 4 is 17.3 Å². The number of anilines is 1. The van der Waals surface area contributed by atoms with E-state index in [4.69, 9.17) is 4.74 Å². The molecule has 1 N–H and O–H groups in total. The molecule has 1 saturated heterocycles. The Morgan fingerprint density at radius 3 is 3.21 bits per heavy atom. The lowest BCUT2D eigenvalue weighted by Crippen LogP contribution is -2.15. The average Bonchev–Trinajstić information content (AvgIpc) is 3.03. The van der Waals surface area contributed by atoms with Crippen LogP contribution in [0.4, 0.5) is 11.6 Å². The van der Waals surface area contributed by atoms with Crippen LogP contribution >= 0.6 is 0 Å². The van der Waals surface area contributed by atoms with Crippen LogP contribution < -0.4 is 5.32 Å². The van der Waals surface area contributed by atoms with E-state index in [1.807, 2.05) is 0 Å². The number of nitrogens with zero attached hydrogens (tertiary/aromatic N) is 3. The van der Waals surface area contributed by atoms with E-state index in [2.05, 4.69) is 10.3 Å². The van der Waals surface area contributed by atoms with Crippen LogP contribution in [0.1, 0.15) is 6.42 Å². The van der Waals surface area contributed by atoms with Crippen LogP contribution in [-0.2, 0) is 4.74 Å². The summed E-state index contributed by atoms with van der Waals surface area (Å²) in [7, 11) is 0. The van der Waals surface area contributed by atoms with Crippen molar-refractivity contribution in [2.45, 2.75) is 6.42 Å². The maximum atomic E-state index is 11.2. The molecule has 1 atom stereocenters. The van der Waals surface area contributed by atoms with E-state index in [0.717, 1.165) is 13.0 Å². The van der Waals surface area contributed by atoms with Gasteiger partial charge in [0, 0.05) is 25.1 Å². The van der Waals surface area contributed by atoms with Crippen molar-refractivity contribution in [3.63, 3.8) is 0 Å². The molecule has 0 unspecified atom stereocenters. The Morgan fingerprint density at radius 2 is 2.47 bits per heavy atom. The van der Waals surface area contributed by atoms with E-state index < -0.39 is 4.92 Å². The second kappa shape index (κ2) is 4.85. The summed E-state index contributed by atoms with van der Waals surface area (Å²) in [6.45, 7) is 2.11. The minimum absolute atomic E-state index is 0.0190. The first-order valence-electron chi connectivity index (χ1n) is 6.19. The van der Waals surface area contributed by atoms with Gasteiger partial charge in [-0.15, -0.1) is 0 Å². The molecule has 1 fully saturated rings. The molecule has 1 aliphatic heterocycles. The molecule has 0 bridgehead atoms. The topological polar surface area (TPSA) is 81.7 Å². The third-order valence-corrected chi connectivity index (χ3v) is 3.26. The third-order valence-electron chi connectivity index (χ3n) is 3.26. The molecule has 7 heteroatoms. The van der Waals surface area contributed by atoms with E-state index in [1.165, 1.54) is 4.40 Å². The number of nitro groups is 1. The van der Waals surface area contributed by atoms with Crippen molar-refractivity contribution in [1.82, 2.24) is 9.38 Å². The lowest BCUT2D eigenvalue weighted by molar-refractivity contribution is -0.389. The van der Waals surface area contributed by atoms with Gasteiger partial charge in [-0.3, -0.25) is 0 Å². The first kappa shape index (κ1) is 11.9. The van der Waals surface area contributed by atoms with E-state index in [9.17, 15) is 10.1 Å². The Kier molecular flexibility index (Phi) is 3.04. The number of ether oxygens (including phenoxy) is 1. The average molecular weight is 262 g/mol. The SMILES string of the molecule is O=[N+]([O-])c1c(NC[C@H]2CCOC2)nc2ccccn12. The fraction of sp³-hybridized carbons (Fsp3) is 0.417. The van der Waals surface area contributed by atoms with Crippen molar-refractivity contribution in [1.29, 1.82) is 0 Å². The number of nitrogens with one attached hydrogen (secondary N) is 1. The lowest BCUT2D eigenvalue weighted by atomic mass is 10.1. The predicted octanol–water partition coefficient (Wildman–Crippen LogP) is 1.69. The van der Waals surface area contributed by atoms with Crippen molar-refractivity contribution in [3.05, 3.63) is 34.5 Å². The summed E-state index contributed by atoms with van der Waals surface area (Å²) in [5.41, 5.74) is 0.569. The maximum absolute atomic E-state index is 11.2. The van der Waals surface area contributed by atoms with Gasteiger partial charge in [-0.2, -0.15) is 9.38 Å². The molecule has 3 rings (SSSR count). The van der Waals surface area contributed by atoms with Gasteiger partial charge in [-0.25, -0.2) is 0 Å². The summed E-state index contributed by atoms with van der Waals surface area (Å²) in [6, 6.07) is 5.30. The van der Waals surface area contributed by atoms with E-state index >= 15 is 0 Å². The van der Waals surface area contributed by atoms with E-state index in [1.54, 1.807) is 24.4 Å². The van der Waals surface area contributed by atoms with Crippen LogP contribution in [0.3, 0.4) is 0 Å². The highest BCUT2D eigenvalue weighted by Gasteiger charge is 2.23. The molecular formula is C12H14N4O3. The van der Waals surface area contributed by atoms with Gasteiger partial charge >= 0.3 is 5.82 Å². The Balaban J connectivity index is 1.88. The highest BCUT2D eigenvalue weighted by atomic mass is 16.6. The van der Waals surface area contributed by atoms with Gasteiger partial charge in [-0.1, -0.05) is 6.07 Å². The lowest BCUT2D eigenvalue weighted by Gasteiger charge is -2.07. The number of hydrogen-bond donors (Lipinski definition) is 1. The summed E-state index contributed by atoms with van der Waals surface area (Å²) in [5, 5.41) is 14.2. The molecule has 19 heavy (non-hydrogen) atoms. The molecule has 7 nitrogen and oxygen atoms in total. The van der Waals surface area contributed by atoms with Crippen molar-refractivity contribution in [2.24, 2.45) is 5.92 Å². The highest BCUT2D eigenvalue weighted by Crippen LogP contribution is 2.25. The molecule has 0 spiro atoms. The molecule has 2 aromatic rings. The van der Waals surface area contributed by atoms with E-state index in [-0.39, 0.29) is 5.82 Å². The molecular weight excluding hydrogens is 248 g/mol. The third kappa shape index (κ3) is 2.24. The second-order valence-corrected chi connectivity index (χ2v) is 4.58. The largest absolute Gasteiger partial charge is 0.381 e. The number of rotatable bonds is 4. The highest BCUT2D eigenvalue weighted by molar-refractivity contribution is 5.62. The normalized spacial score (nSPS) is 18.8. The van der Waals surface area contributed by atoms with Crippen LogP contribution in [0, 0.1) is 16.0 Å². The molecule has 3 heterocycles. The van der Waals surface area contributed by atoms with Crippen LogP contribution in [0.15, 0.2) is 24.4 Å². The zero-order valence-electron chi connectivity index (χ0n) is 10.3. The number of fused-ring (bicyclic) bond motifs is 1. The summed E-state index contributed by atoms with van der Waals surface area (Å²) in [5.74, 6) is 0.696. The summed E-state index contributed by atoms with van der Waals surface area (Å²) in [4.78, 5) is 15.0. The van der Waals surface area contributed by atoms with Crippen LogP contribution in [-0.4, -0.2) is 34.1 Å². The number of imidazole rings is 1. The monoisotopic (exact) mass is 262 g/mol. The summed E-state index contributed by atoms with van der Waals surface area (Å²) >= 11 is 0. The molecule has 0 amide bonds. The van der Waals surface area contributed by atoms with Gasteiger partial charge in [0.25, 0.3) is 0 Å². The second-order valence-electron chi connectivity index (χ2n) is 4.58. The fourth-order valence-corrected chi connectivity index (χ4v) is 2.26. The van der Waals surface area contributed by atoms with Gasteiger partial charge < -0.3 is 20.2 Å². The van der Waals surface area contributed by atoms with Crippen LogP contribution in [0.25, 0.3) is 5.65 Å². The molecule has 100 valence electrons. The van der Waals surface area contributed by atoms with Gasteiger partial charge in [0.05, 0.1) is 12.8 Å². The van der Waals surface area contributed by atoms with Gasteiger partial charge in [0.1, 0.15) is 0 Å². The Bertz CT molecular complexity index is 604. The zero-order chi connectivity index (χ0) is 13.2. The van der Waals surface area contributed by atoms with Gasteiger partial charge in [-0.05, 0) is 17.4 Å². The molecule has 0 radical (unpaired) electrons. The predicted molar refractivity (Wildman–Crippen MR) is 69.3 cm³/mol. The number of aromatic nitrogens is 2. The first-order valence-corrected chi connectivity index (χ1v) is 6.19. The van der Waals surface area contributed by atoms with Crippen molar-refractivity contribution in [2.75, 3.05) is 25.1 Å². The Hall–Kier alpha value is -2.15. The summed E-state index contributed by atoms with van der Waals surface area (Å²) < 4.78 is 6.76. The number of pyridine rings is 1. The van der Waals surface area contributed by atoms with Gasteiger partial charge in [0.15, 0.2) is 0 Å². The fourth-order valence-electron chi connectivity index (χ4n) is 2.26. The number of hydrogen-bond acceptors (Lipinski definition) is 5. The minimum atomic E-state index is -0.409. The summed E-state index contributed by atoms with van der Waals surface area (Å²) in [6.07, 6.45) is 2.62.